The topological polar surface area (TPSA) is 82.2 Å². The summed E-state index contributed by atoms with van der Waals surface area (Å²) in [6.07, 6.45) is 5.06. The molecule has 0 saturated heterocycles. The summed E-state index contributed by atoms with van der Waals surface area (Å²) in [5.74, 6) is -0.0159. The molecule has 1 heterocycles. The van der Waals surface area contributed by atoms with Gasteiger partial charge in [0.25, 0.3) is 0 Å². The maximum atomic E-state index is 11.5. The molecule has 0 bridgehead atoms. The van der Waals surface area contributed by atoms with Crippen LogP contribution in [0.1, 0.15) is 12.1 Å². The lowest BCUT2D eigenvalue weighted by atomic mass is 10.3. The number of aromatic nitrogens is 2. The van der Waals surface area contributed by atoms with Gasteiger partial charge in [-0.2, -0.15) is 0 Å². The van der Waals surface area contributed by atoms with Gasteiger partial charge in [0, 0.05) is 32.9 Å². The van der Waals surface area contributed by atoms with Crippen LogP contribution in [0.3, 0.4) is 0 Å². The second-order valence-electron chi connectivity index (χ2n) is 3.77. The molecular weight excluding hydrogens is 220 g/mol. The first-order valence-corrected chi connectivity index (χ1v) is 5.72. The molecule has 1 rings (SSSR count). The van der Waals surface area contributed by atoms with Crippen LogP contribution < -0.4 is 11.1 Å². The Morgan fingerprint density at radius 3 is 3.18 bits per heavy atom. The Morgan fingerprint density at radius 2 is 2.47 bits per heavy atom. The first-order valence-electron chi connectivity index (χ1n) is 5.72. The second-order valence-corrected chi connectivity index (χ2v) is 3.77. The molecule has 0 unspecified atom stereocenters. The van der Waals surface area contributed by atoms with E-state index in [0.717, 1.165) is 18.5 Å². The monoisotopic (exact) mass is 240 g/mol. The van der Waals surface area contributed by atoms with Crippen molar-refractivity contribution in [1.82, 2.24) is 14.9 Å². The van der Waals surface area contributed by atoms with Crippen molar-refractivity contribution in [3.05, 3.63) is 18.2 Å². The maximum absolute atomic E-state index is 11.5. The van der Waals surface area contributed by atoms with Gasteiger partial charge in [0.1, 0.15) is 6.54 Å². The van der Waals surface area contributed by atoms with E-state index in [0.29, 0.717) is 26.2 Å². The van der Waals surface area contributed by atoms with Crippen LogP contribution in [0.15, 0.2) is 12.5 Å². The third-order valence-corrected chi connectivity index (χ3v) is 2.26. The van der Waals surface area contributed by atoms with Crippen molar-refractivity contribution < 1.29 is 9.53 Å². The summed E-state index contributed by atoms with van der Waals surface area (Å²) in [6.45, 7) is 2.16. The van der Waals surface area contributed by atoms with E-state index in [4.69, 9.17) is 10.5 Å². The Balaban J connectivity index is 2.24. The number of methoxy groups -OCH3 is 1. The Kier molecular flexibility index (Phi) is 6.27. The molecule has 1 aromatic heterocycles. The number of ether oxygens (including phenoxy) is 1. The fourth-order valence-corrected chi connectivity index (χ4v) is 1.44. The number of nitrogens with zero attached hydrogens (tertiary/aromatic N) is 2. The molecular formula is C11H20N4O2. The number of carbonyl (C=O) groups is 1. The number of nitrogens with one attached hydrogen (secondary N) is 1. The highest BCUT2D eigenvalue weighted by atomic mass is 16.5. The van der Waals surface area contributed by atoms with Gasteiger partial charge in [-0.1, -0.05) is 0 Å². The molecule has 0 aliphatic heterocycles. The first kappa shape index (κ1) is 13.7. The van der Waals surface area contributed by atoms with Crippen LogP contribution in [0.2, 0.25) is 0 Å². The van der Waals surface area contributed by atoms with Gasteiger partial charge in [-0.15, -0.1) is 0 Å². The van der Waals surface area contributed by atoms with Crippen molar-refractivity contribution in [1.29, 1.82) is 0 Å². The fourth-order valence-electron chi connectivity index (χ4n) is 1.44. The van der Waals surface area contributed by atoms with E-state index in [1.807, 2.05) is 6.20 Å². The molecule has 0 aromatic carbocycles. The maximum Gasteiger partial charge on any atom is 0.239 e. The van der Waals surface area contributed by atoms with E-state index in [1.54, 1.807) is 18.0 Å². The van der Waals surface area contributed by atoms with Gasteiger partial charge >= 0.3 is 0 Å². The highest BCUT2D eigenvalue weighted by molar-refractivity contribution is 5.75. The average molecular weight is 240 g/mol. The molecule has 6 nitrogen and oxygen atoms in total. The molecule has 0 saturated carbocycles. The summed E-state index contributed by atoms with van der Waals surface area (Å²) in [7, 11) is 1.65. The largest absolute Gasteiger partial charge is 0.385 e. The van der Waals surface area contributed by atoms with Crippen LogP contribution in [-0.2, 0) is 22.5 Å². The quantitative estimate of drug-likeness (QED) is 0.602. The minimum absolute atomic E-state index is 0.0159. The van der Waals surface area contributed by atoms with Crippen molar-refractivity contribution in [3.8, 4) is 0 Å². The van der Waals surface area contributed by atoms with Crippen molar-refractivity contribution >= 4 is 5.91 Å². The molecule has 0 aliphatic carbocycles. The molecule has 0 spiro atoms. The van der Waals surface area contributed by atoms with Gasteiger partial charge in [0.05, 0.1) is 12.0 Å². The zero-order chi connectivity index (χ0) is 12.5. The first-order chi connectivity index (χ1) is 8.26. The van der Waals surface area contributed by atoms with Crippen LogP contribution in [0, 0.1) is 0 Å². The second kappa shape index (κ2) is 7.81. The molecule has 1 amide bonds. The zero-order valence-electron chi connectivity index (χ0n) is 10.2. The summed E-state index contributed by atoms with van der Waals surface area (Å²) in [5, 5.41) is 2.81. The predicted octanol–water partition coefficient (Wildman–Crippen LogP) is -0.463. The van der Waals surface area contributed by atoms with Crippen LogP contribution in [-0.4, -0.2) is 42.3 Å². The van der Waals surface area contributed by atoms with Crippen LogP contribution in [0.4, 0.5) is 0 Å². The number of hydrogen-bond acceptors (Lipinski definition) is 4. The van der Waals surface area contributed by atoms with Gasteiger partial charge in [0.15, 0.2) is 0 Å². The molecule has 0 aliphatic rings. The number of nitrogens with two attached hydrogens (primary N) is 1. The van der Waals surface area contributed by atoms with Crippen LogP contribution in [0.25, 0.3) is 0 Å². The lowest BCUT2D eigenvalue weighted by molar-refractivity contribution is -0.121. The van der Waals surface area contributed by atoms with E-state index in [2.05, 4.69) is 10.3 Å². The number of rotatable bonds is 8. The summed E-state index contributed by atoms with van der Waals surface area (Å²) in [4.78, 5) is 15.7. The lowest BCUT2D eigenvalue weighted by Crippen LogP contribution is -2.28. The van der Waals surface area contributed by atoms with Crippen molar-refractivity contribution in [2.75, 3.05) is 26.8 Å². The van der Waals surface area contributed by atoms with E-state index < -0.39 is 0 Å². The standard InChI is InChI=1S/C11H20N4O2/c1-17-6-2-5-13-11(16)8-15-7-10(3-4-12)14-9-15/h7,9H,2-6,8,12H2,1H3,(H,13,16). The number of carbonyl (C=O) groups excluding carboxylic acids is 1. The summed E-state index contributed by atoms with van der Waals surface area (Å²) < 4.78 is 6.65. The molecule has 0 radical (unpaired) electrons. The summed E-state index contributed by atoms with van der Waals surface area (Å²) in [5.41, 5.74) is 6.34. The lowest BCUT2D eigenvalue weighted by Gasteiger charge is -2.04. The Labute approximate surface area is 101 Å². The fraction of sp³-hybridized carbons (Fsp3) is 0.636. The van der Waals surface area contributed by atoms with Crippen molar-refractivity contribution in [2.24, 2.45) is 5.73 Å². The minimum Gasteiger partial charge on any atom is -0.385 e. The predicted molar refractivity (Wildman–Crippen MR) is 64.5 cm³/mol. The summed E-state index contributed by atoms with van der Waals surface area (Å²) in [6, 6.07) is 0. The third kappa shape index (κ3) is 5.46. The molecule has 0 fully saturated rings. The van der Waals surface area contributed by atoms with Crippen molar-refractivity contribution in [3.63, 3.8) is 0 Å². The van der Waals surface area contributed by atoms with Gasteiger partial charge in [0.2, 0.25) is 5.91 Å². The van der Waals surface area contributed by atoms with E-state index in [-0.39, 0.29) is 5.91 Å². The van der Waals surface area contributed by atoms with Gasteiger partial charge < -0.3 is 20.4 Å². The number of hydrogen-bond donors (Lipinski definition) is 2. The molecule has 0 atom stereocenters. The van der Waals surface area contributed by atoms with Crippen LogP contribution >= 0.6 is 0 Å². The van der Waals surface area contributed by atoms with Gasteiger partial charge in [-0.3, -0.25) is 4.79 Å². The highest BCUT2D eigenvalue weighted by Crippen LogP contribution is 1.96. The van der Waals surface area contributed by atoms with E-state index in [1.165, 1.54) is 0 Å². The molecule has 6 heteroatoms. The Morgan fingerprint density at radius 1 is 1.65 bits per heavy atom. The zero-order valence-corrected chi connectivity index (χ0v) is 10.2. The normalized spacial score (nSPS) is 10.5. The Hall–Kier alpha value is -1.40. The van der Waals surface area contributed by atoms with Crippen LogP contribution in [0.5, 0.6) is 0 Å². The molecule has 17 heavy (non-hydrogen) atoms. The molecule has 3 N–H and O–H groups in total. The van der Waals surface area contributed by atoms with E-state index >= 15 is 0 Å². The van der Waals surface area contributed by atoms with E-state index in [9.17, 15) is 4.79 Å². The number of imidazole rings is 1. The van der Waals surface area contributed by atoms with Gasteiger partial charge in [-0.05, 0) is 13.0 Å². The molecule has 1 aromatic rings. The Bertz CT molecular complexity index is 338. The van der Waals surface area contributed by atoms with Crippen molar-refractivity contribution in [2.45, 2.75) is 19.4 Å². The third-order valence-electron chi connectivity index (χ3n) is 2.26. The SMILES string of the molecule is COCCCNC(=O)Cn1cnc(CCN)c1. The average Bonchev–Trinajstić information content (AvgIpc) is 2.73. The minimum atomic E-state index is -0.0159. The highest BCUT2D eigenvalue weighted by Gasteiger charge is 2.03. The summed E-state index contributed by atoms with van der Waals surface area (Å²) >= 11 is 0. The number of amides is 1. The smallest absolute Gasteiger partial charge is 0.239 e. The molecule has 96 valence electrons. The van der Waals surface area contributed by atoms with Gasteiger partial charge in [-0.25, -0.2) is 4.98 Å².